The summed E-state index contributed by atoms with van der Waals surface area (Å²) in [4.78, 5) is 9.19. The fourth-order valence-corrected chi connectivity index (χ4v) is 5.38. The number of sulfonamides is 1. The zero-order valence-corrected chi connectivity index (χ0v) is 15.1. The van der Waals surface area contributed by atoms with Crippen molar-refractivity contribution in [2.75, 3.05) is 0 Å². The van der Waals surface area contributed by atoms with Crippen molar-refractivity contribution >= 4 is 21.4 Å². The van der Waals surface area contributed by atoms with Gasteiger partial charge in [0.05, 0.1) is 0 Å². The Morgan fingerprint density at radius 2 is 1.92 bits per heavy atom. The molecule has 130 valence electrons. The molecule has 1 aliphatic carbocycles. The van der Waals surface area contributed by atoms with Crippen LogP contribution in [0.5, 0.6) is 6.01 Å². The summed E-state index contributed by atoms with van der Waals surface area (Å²) in [7, 11) is -3.42. The van der Waals surface area contributed by atoms with E-state index in [1.807, 2.05) is 13.0 Å². The van der Waals surface area contributed by atoms with Gasteiger partial charge < -0.3 is 4.74 Å². The van der Waals surface area contributed by atoms with E-state index in [0.717, 1.165) is 37.0 Å². The predicted molar refractivity (Wildman–Crippen MR) is 92.7 cm³/mol. The average molecular weight is 367 g/mol. The summed E-state index contributed by atoms with van der Waals surface area (Å²) in [6.07, 6.45) is 7.27. The number of aryl methyl sites for hydroxylation is 1. The number of ether oxygens (including phenoxy) is 1. The normalized spacial score (nSPS) is 21.5. The van der Waals surface area contributed by atoms with Crippen LogP contribution in [0.4, 0.5) is 0 Å². The number of nitrogens with one attached hydrogen (secondary N) is 1. The molecule has 0 unspecified atom stereocenters. The lowest BCUT2D eigenvalue weighted by atomic mass is 9.94. The minimum absolute atomic E-state index is 0.0429. The fourth-order valence-electron chi connectivity index (χ4n) is 2.76. The second kappa shape index (κ2) is 7.58. The molecule has 0 aliphatic heterocycles. The number of hydrogen-bond donors (Lipinski definition) is 1. The highest BCUT2D eigenvalue weighted by Crippen LogP contribution is 2.26. The van der Waals surface area contributed by atoms with Gasteiger partial charge in [0.1, 0.15) is 10.3 Å². The van der Waals surface area contributed by atoms with Crippen molar-refractivity contribution in [2.45, 2.75) is 55.4 Å². The minimum atomic E-state index is -3.42. The molecule has 0 spiro atoms. The molecule has 24 heavy (non-hydrogen) atoms. The third-order valence-corrected chi connectivity index (χ3v) is 7.30. The van der Waals surface area contributed by atoms with Crippen molar-refractivity contribution in [3.63, 3.8) is 0 Å². The summed E-state index contributed by atoms with van der Waals surface area (Å²) in [5.74, 6) is 0. The van der Waals surface area contributed by atoms with Crippen molar-refractivity contribution in [2.24, 2.45) is 0 Å². The van der Waals surface area contributed by atoms with Gasteiger partial charge in [-0.2, -0.15) is 0 Å². The zero-order valence-electron chi connectivity index (χ0n) is 13.5. The van der Waals surface area contributed by atoms with Gasteiger partial charge in [-0.15, -0.1) is 11.3 Å². The molecule has 0 saturated heterocycles. The van der Waals surface area contributed by atoms with Gasteiger partial charge in [-0.3, -0.25) is 0 Å². The molecule has 2 aromatic rings. The van der Waals surface area contributed by atoms with E-state index in [4.69, 9.17) is 4.74 Å². The molecule has 1 N–H and O–H groups in total. The lowest BCUT2D eigenvalue weighted by Crippen LogP contribution is -2.39. The van der Waals surface area contributed by atoms with Gasteiger partial charge in [-0.05, 0) is 50.3 Å². The molecule has 0 amide bonds. The Balaban J connectivity index is 1.53. The van der Waals surface area contributed by atoms with Crippen LogP contribution in [-0.4, -0.2) is 30.5 Å². The topological polar surface area (TPSA) is 81.2 Å². The highest BCUT2D eigenvalue weighted by atomic mass is 32.2. The number of nitrogens with zero attached hydrogens (tertiary/aromatic N) is 2. The first kappa shape index (κ1) is 17.3. The largest absolute Gasteiger partial charge is 0.460 e. The summed E-state index contributed by atoms with van der Waals surface area (Å²) in [5, 5.41) is 0. The Labute approximate surface area is 146 Å². The van der Waals surface area contributed by atoms with Gasteiger partial charge in [0.15, 0.2) is 0 Å². The second-order valence-corrected chi connectivity index (χ2v) is 8.93. The molecule has 6 nitrogen and oxygen atoms in total. The molecule has 8 heteroatoms. The van der Waals surface area contributed by atoms with Gasteiger partial charge in [0.2, 0.25) is 10.0 Å². The first-order chi connectivity index (χ1) is 11.6. The van der Waals surface area contributed by atoms with Crippen molar-refractivity contribution in [3.8, 4) is 6.01 Å². The van der Waals surface area contributed by atoms with Crippen molar-refractivity contribution in [1.82, 2.24) is 14.7 Å². The molecule has 0 aromatic carbocycles. The summed E-state index contributed by atoms with van der Waals surface area (Å²) in [6, 6.07) is 5.65. The van der Waals surface area contributed by atoms with Gasteiger partial charge in [-0.1, -0.05) is 6.92 Å². The lowest BCUT2D eigenvalue weighted by Gasteiger charge is -2.28. The van der Waals surface area contributed by atoms with Gasteiger partial charge in [-0.25, -0.2) is 23.1 Å². The van der Waals surface area contributed by atoms with Crippen LogP contribution in [-0.2, 0) is 16.4 Å². The summed E-state index contributed by atoms with van der Waals surface area (Å²) >= 11 is 1.34. The lowest BCUT2D eigenvalue weighted by molar-refractivity contribution is 0.132. The first-order valence-electron chi connectivity index (χ1n) is 8.11. The number of aromatic nitrogens is 2. The Hall–Kier alpha value is -1.51. The maximum Gasteiger partial charge on any atom is 0.316 e. The molecule has 0 atom stereocenters. The number of hydrogen-bond acceptors (Lipinski definition) is 6. The van der Waals surface area contributed by atoms with Gasteiger partial charge in [0.25, 0.3) is 0 Å². The fraction of sp³-hybridized carbons (Fsp3) is 0.500. The maximum absolute atomic E-state index is 12.5. The van der Waals surface area contributed by atoms with Gasteiger partial charge in [0, 0.05) is 23.3 Å². The summed E-state index contributed by atoms with van der Waals surface area (Å²) in [5.41, 5.74) is 0. The van der Waals surface area contributed by atoms with Crippen molar-refractivity contribution in [3.05, 3.63) is 35.5 Å². The van der Waals surface area contributed by atoms with E-state index in [1.54, 1.807) is 24.5 Å². The van der Waals surface area contributed by atoms with E-state index in [9.17, 15) is 8.42 Å². The van der Waals surface area contributed by atoms with Crippen LogP contribution in [0.2, 0.25) is 0 Å². The van der Waals surface area contributed by atoms with E-state index in [0.29, 0.717) is 10.2 Å². The molecule has 2 heterocycles. The van der Waals surface area contributed by atoms with Crippen molar-refractivity contribution < 1.29 is 13.2 Å². The quantitative estimate of drug-likeness (QED) is 0.849. The van der Waals surface area contributed by atoms with Crippen LogP contribution in [0.1, 0.15) is 37.5 Å². The van der Waals surface area contributed by atoms with Gasteiger partial charge >= 0.3 is 6.01 Å². The molecule has 1 aliphatic rings. The maximum atomic E-state index is 12.5. The Kier molecular flexibility index (Phi) is 5.47. The van der Waals surface area contributed by atoms with E-state index in [2.05, 4.69) is 14.7 Å². The molecular weight excluding hydrogens is 346 g/mol. The van der Waals surface area contributed by atoms with Crippen LogP contribution >= 0.6 is 11.3 Å². The molecule has 1 fully saturated rings. The molecular formula is C16H21N3O3S2. The second-order valence-electron chi connectivity index (χ2n) is 5.82. The van der Waals surface area contributed by atoms with Crippen molar-refractivity contribution in [1.29, 1.82) is 0 Å². The first-order valence-corrected chi connectivity index (χ1v) is 10.4. The van der Waals surface area contributed by atoms with E-state index in [1.165, 1.54) is 11.3 Å². The molecule has 0 bridgehead atoms. The smallest absolute Gasteiger partial charge is 0.316 e. The minimum Gasteiger partial charge on any atom is -0.460 e. The van der Waals surface area contributed by atoms with E-state index >= 15 is 0 Å². The SMILES string of the molecule is CCc1ccc(S(=O)(=O)NC2CCC(Oc3ncccn3)CC2)s1. The van der Waals surface area contributed by atoms with Crippen LogP contribution in [0, 0.1) is 0 Å². The average Bonchev–Trinajstić information content (AvgIpc) is 3.08. The third-order valence-electron chi connectivity index (χ3n) is 4.06. The number of thiophene rings is 1. The highest BCUT2D eigenvalue weighted by molar-refractivity contribution is 7.91. The predicted octanol–water partition coefficient (Wildman–Crippen LogP) is 2.77. The van der Waals surface area contributed by atoms with E-state index < -0.39 is 10.0 Å². The van der Waals surface area contributed by atoms with Crippen LogP contribution < -0.4 is 9.46 Å². The van der Waals surface area contributed by atoms with Crippen LogP contribution in [0.25, 0.3) is 0 Å². The van der Waals surface area contributed by atoms with E-state index in [-0.39, 0.29) is 12.1 Å². The Morgan fingerprint density at radius 1 is 1.21 bits per heavy atom. The number of rotatable bonds is 6. The molecule has 3 rings (SSSR count). The molecule has 2 aromatic heterocycles. The highest BCUT2D eigenvalue weighted by Gasteiger charge is 2.27. The van der Waals surface area contributed by atoms with Crippen LogP contribution in [0.3, 0.4) is 0 Å². The summed E-state index contributed by atoms with van der Waals surface area (Å²) in [6.45, 7) is 2.02. The monoisotopic (exact) mass is 367 g/mol. The molecule has 1 saturated carbocycles. The molecule has 0 radical (unpaired) electrons. The van der Waals surface area contributed by atoms with Crippen LogP contribution in [0.15, 0.2) is 34.8 Å². The Bertz CT molecular complexity index is 754. The third kappa shape index (κ3) is 4.31. The zero-order chi connectivity index (χ0) is 17.0. The summed E-state index contributed by atoms with van der Waals surface area (Å²) < 4.78 is 33.9. The standard InChI is InChI=1S/C16H21N3O3S2/c1-2-14-8-9-15(23-14)24(20,21)19-12-4-6-13(7-5-12)22-16-17-10-3-11-18-16/h3,8-13,19H,2,4-7H2,1H3. The Morgan fingerprint density at radius 3 is 2.54 bits per heavy atom.